The van der Waals surface area contributed by atoms with E-state index in [2.05, 4.69) is 32.9 Å². The van der Waals surface area contributed by atoms with Crippen molar-refractivity contribution in [3.05, 3.63) is 89.6 Å². The average molecular weight is 608 g/mol. The Balaban J connectivity index is 1.65. The summed E-state index contributed by atoms with van der Waals surface area (Å²) in [6.07, 6.45) is -1.71. The van der Waals surface area contributed by atoms with E-state index in [-0.39, 0.29) is 11.4 Å². The van der Waals surface area contributed by atoms with Gasteiger partial charge in [0, 0.05) is 24.5 Å². The molecule has 0 radical (unpaired) electrons. The van der Waals surface area contributed by atoms with Crippen LogP contribution in [0, 0.1) is 17.1 Å². The van der Waals surface area contributed by atoms with Crippen molar-refractivity contribution in [1.29, 1.82) is 5.26 Å². The van der Waals surface area contributed by atoms with Crippen LogP contribution in [0.3, 0.4) is 0 Å². The molecule has 0 spiro atoms. The lowest BCUT2D eigenvalue weighted by Crippen LogP contribution is -2.10. The van der Waals surface area contributed by atoms with Gasteiger partial charge in [-0.15, -0.1) is 0 Å². The number of anilines is 2. The molecule has 216 valence electrons. The molecule has 2 aromatic carbocycles. The van der Waals surface area contributed by atoms with Crippen LogP contribution in [-0.2, 0) is 18.0 Å². The van der Waals surface area contributed by atoms with Crippen molar-refractivity contribution in [3.63, 3.8) is 0 Å². The molecule has 5 rings (SSSR count). The van der Waals surface area contributed by atoms with Gasteiger partial charge in [-0.25, -0.2) is 14.4 Å². The van der Waals surface area contributed by atoms with Crippen molar-refractivity contribution in [3.8, 4) is 40.2 Å². The zero-order valence-corrected chi connectivity index (χ0v) is 22.8. The SMILES string of the molecule is C=CC(=O)Nc1ccc(-c2c(-c3ccc(Oc4ncc(Cl)c(C(F)(F)F)n4)c(F)c3)c3c(N)ncc(C#N)c3n2C)cc1. The number of nitrogens with two attached hydrogens (primary N) is 1. The van der Waals surface area contributed by atoms with E-state index >= 15 is 4.39 Å². The number of nitrogens with one attached hydrogen (secondary N) is 1. The molecule has 9 nitrogen and oxygen atoms in total. The highest BCUT2D eigenvalue weighted by molar-refractivity contribution is 6.31. The maximum Gasteiger partial charge on any atom is 0.435 e. The van der Waals surface area contributed by atoms with E-state index in [0.29, 0.717) is 45.2 Å². The van der Waals surface area contributed by atoms with Crippen LogP contribution in [0.5, 0.6) is 11.8 Å². The van der Waals surface area contributed by atoms with Gasteiger partial charge in [-0.3, -0.25) is 4.79 Å². The number of nitrogen functional groups attached to an aromatic ring is 1. The van der Waals surface area contributed by atoms with Crippen LogP contribution >= 0.6 is 11.6 Å². The van der Waals surface area contributed by atoms with E-state index in [4.69, 9.17) is 22.1 Å². The summed E-state index contributed by atoms with van der Waals surface area (Å²) in [4.78, 5) is 22.7. The van der Waals surface area contributed by atoms with E-state index in [1.54, 1.807) is 35.9 Å². The third-order valence-corrected chi connectivity index (χ3v) is 6.66. The number of carbonyl (C=O) groups excluding carboxylic acids is 1. The number of alkyl halides is 3. The number of fused-ring (bicyclic) bond motifs is 1. The number of nitrogens with zero attached hydrogens (tertiary/aromatic N) is 5. The summed E-state index contributed by atoms with van der Waals surface area (Å²) in [5.74, 6) is -1.72. The summed E-state index contributed by atoms with van der Waals surface area (Å²) < 4.78 is 62.0. The number of carbonyl (C=O) groups is 1. The third-order valence-electron chi connectivity index (χ3n) is 6.38. The van der Waals surface area contributed by atoms with E-state index in [0.717, 1.165) is 12.1 Å². The normalized spacial score (nSPS) is 11.3. The molecule has 0 bridgehead atoms. The topological polar surface area (TPSA) is 132 Å². The lowest BCUT2D eigenvalue weighted by atomic mass is 9.97. The van der Waals surface area contributed by atoms with Gasteiger partial charge in [0.25, 0.3) is 0 Å². The number of nitriles is 1. The molecule has 3 N–H and O–H groups in total. The number of aromatic nitrogens is 4. The van der Waals surface area contributed by atoms with Gasteiger partial charge >= 0.3 is 12.2 Å². The van der Waals surface area contributed by atoms with Crippen molar-refractivity contribution in [2.24, 2.45) is 7.05 Å². The molecule has 14 heteroatoms. The predicted octanol–water partition coefficient (Wildman–Crippen LogP) is 6.88. The molecular formula is C29H18ClF4N7O2. The smallest absolute Gasteiger partial charge is 0.421 e. The zero-order valence-electron chi connectivity index (χ0n) is 22.0. The monoisotopic (exact) mass is 607 g/mol. The highest BCUT2D eigenvalue weighted by Gasteiger charge is 2.36. The van der Waals surface area contributed by atoms with E-state index in [1.807, 2.05) is 0 Å². The van der Waals surface area contributed by atoms with Gasteiger partial charge in [-0.2, -0.15) is 23.4 Å². The highest BCUT2D eigenvalue weighted by Crippen LogP contribution is 2.44. The summed E-state index contributed by atoms with van der Waals surface area (Å²) in [5, 5.41) is 12.1. The molecule has 5 aromatic rings. The van der Waals surface area contributed by atoms with Gasteiger partial charge in [0.1, 0.15) is 11.9 Å². The standard InChI is InChI=1S/C29H18ClF4N7O2/c1-3-21(42)39-17-7-4-14(5-8-17)24-22(23-25(41(24)2)16(11-35)12-37-27(23)36)15-6-9-20(19(31)10-15)43-28-38-13-18(30)26(40-28)29(32,33)34/h3-10,12-13H,1H2,2H3,(H2,36,37)(H,39,42). The Hall–Kier alpha value is -5.48. The van der Waals surface area contributed by atoms with Gasteiger partial charge in [0.2, 0.25) is 5.91 Å². The Bertz CT molecular complexity index is 1970. The number of ether oxygens (including phenoxy) is 1. The Labute approximate surface area is 245 Å². The van der Waals surface area contributed by atoms with Crippen molar-refractivity contribution >= 4 is 39.9 Å². The molecule has 0 unspecified atom stereocenters. The summed E-state index contributed by atoms with van der Waals surface area (Å²) in [6, 6.07) is 11.9. The molecular weight excluding hydrogens is 590 g/mol. The van der Waals surface area contributed by atoms with Crippen LogP contribution < -0.4 is 15.8 Å². The van der Waals surface area contributed by atoms with Crippen molar-refractivity contribution in [2.75, 3.05) is 11.1 Å². The molecule has 0 atom stereocenters. The van der Waals surface area contributed by atoms with Crippen molar-refractivity contribution in [2.45, 2.75) is 6.18 Å². The van der Waals surface area contributed by atoms with Gasteiger partial charge in [0.15, 0.2) is 17.3 Å². The van der Waals surface area contributed by atoms with E-state index < -0.39 is 40.4 Å². The second-order valence-corrected chi connectivity index (χ2v) is 9.45. The second-order valence-electron chi connectivity index (χ2n) is 9.04. The Morgan fingerprint density at radius 3 is 2.49 bits per heavy atom. The van der Waals surface area contributed by atoms with Crippen LogP contribution in [0.1, 0.15) is 11.3 Å². The molecule has 3 aromatic heterocycles. The summed E-state index contributed by atoms with van der Waals surface area (Å²) >= 11 is 5.56. The quantitative estimate of drug-likeness (QED) is 0.159. The molecule has 0 aliphatic rings. The molecule has 0 fully saturated rings. The van der Waals surface area contributed by atoms with Crippen molar-refractivity contribution < 1.29 is 27.1 Å². The highest BCUT2D eigenvalue weighted by atomic mass is 35.5. The number of benzene rings is 2. The summed E-state index contributed by atoms with van der Waals surface area (Å²) in [5.41, 5.74) is 7.90. The Kier molecular flexibility index (Phi) is 7.47. The minimum Gasteiger partial charge on any atom is -0.421 e. The molecule has 0 aliphatic heterocycles. The van der Waals surface area contributed by atoms with Crippen LogP contribution in [0.2, 0.25) is 5.02 Å². The Morgan fingerprint density at radius 1 is 1.16 bits per heavy atom. The van der Waals surface area contributed by atoms with Crippen LogP contribution in [0.4, 0.5) is 29.1 Å². The first-order valence-electron chi connectivity index (χ1n) is 12.2. The Morgan fingerprint density at radius 2 is 1.86 bits per heavy atom. The van der Waals surface area contributed by atoms with Crippen LogP contribution in [0.25, 0.3) is 33.3 Å². The average Bonchev–Trinajstić information content (AvgIpc) is 3.28. The number of aryl methyl sites for hydroxylation is 1. The summed E-state index contributed by atoms with van der Waals surface area (Å²) in [6.45, 7) is 3.42. The van der Waals surface area contributed by atoms with Crippen LogP contribution in [-0.4, -0.2) is 25.4 Å². The molecule has 0 saturated carbocycles. The van der Waals surface area contributed by atoms with Gasteiger partial charge in [0.05, 0.1) is 33.4 Å². The number of hydrogen-bond acceptors (Lipinski definition) is 7. The maximum absolute atomic E-state index is 15.4. The molecule has 0 aliphatic carbocycles. The van der Waals surface area contributed by atoms with Gasteiger partial charge in [-0.1, -0.05) is 36.4 Å². The number of pyridine rings is 1. The lowest BCUT2D eigenvalue weighted by Gasteiger charge is -2.12. The van der Waals surface area contributed by atoms with Crippen molar-refractivity contribution in [1.82, 2.24) is 19.5 Å². The van der Waals surface area contributed by atoms with Gasteiger partial charge in [-0.05, 0) is 41.5 Å². The van der Waals surface area contributed by atoms with Gasteiger partial charge < -0.3 is 20.4 Å². The fourth-order valence-corrected chi connectivity index (χ4v) is 4.75. The zero-order chi connectivity index (χ0) is 31.1. The number of halogens is 5. The largest absolute Gasteiger partial charge is 0.435 e. The van der Waals surface area contributed by atoms with E-state index in [9.17, 15) is 23.2 Å². The predicted molar refractivity (Wildman–Crippen MR) is 152 cm³/mol. The maximum atomic E-state index is 15.4. The number of rotatable bonds is 6. The first-order chi connectivity index (χ1) is 20.4. The number of amides is 1. The third kappa shape index (κ3) is 5.43. The molecule has 3 heterocycles. The summed E-state index contributed by atoms with van der Waals surface area (Å²) in [7, 11) is 1.71. The minimum absolute atomic E-state index is 0.0793. The molecule has 43 heavy (non-hydrogen) atoms. The van der Waals surface area contributed by atoms with Crippen LogP contribution in [0.15, 0.2) is 67.5 Å². The lowest BCUT2D eigenvalue weighted by molar-refractivity contribution is -0.141. The molecule has 1 amide bonds. The minimum atomic E-state index is -4.88. The number of hydrogen-bond donors (Lipinski definition) is 2. The van der Waals surface area contributed by atoms with E-state index in [1.165, 1.54) is 18.3 Å². The fraction of sp³-hybridized carbons (Fsp3) is 0.0690. The second kappa shape index (κ2) is 11.1. The fourth-order valence-electron chi connectivity index (χ4n) is 4.55. The first-order valence-corrected chi connectivity index (χ1v) is 12.6. The first kappa shape index (κ1) is 29.0. The molecule has 0 saturated heterocycles.